The predicted octanol–water partition coefficient (Wildman–Crippen LogP) is -0.221. The van der Waals surface area contributed by atoms with Gasteiger partial charge in [-0.25, -0.2) is 0 Å². The summed E-state index contributed by atoms with van der Waals surface area (Å²) in [7, 11) is 0. The van der Waals surface area contributed by atoms with E-state index >= 15 is 0 Å². The first-order chi connectivity index (χ1) is 3.93. The molecule has 1 fully saturated rings. The first kappa shape index (κ1) is 9.31. The molecule has 0 unspecified atom stereocenters. The van der Waals surface area contributed by atoms with Crippen LogP contribution in [0.25, 0.3) is 0 Å². The number of thioether (sulfide) groups is 1. The fraction of sp³-hybridized carbons (Fsp3) is 0.500. The van der Waals surface area contributed by atoms with E-state index in [1.165, 1.54) is 0 Å². The summed E-state index contributed by atoms with van der Waals surface area (Å²) in [6.45, 7) is 0.936. The van der Waals surface area contributed by atoms with Crippen LogP contribution in [0.15, 0.2) is 4.99 Å². The minimum Gasteiger partial charge on any atom is -0.363 e. The summed E-state index contributed by atoms with van der Waals surface area (Å²) in [5, 5.41) is 11.7. The Kier molecular flexibility index (Phi) is 5.30. The zero-order chi connectivity index (χ0) is 5.82. The summed E-state index contributed by atoms with van der Waals surface area (Å²) >= 11 is 1.58. The van der Waals surface area contributed by atoms with E-state index in [1.807, 2.05) is 0 Å². The van der Waals surface area contributed by atoms with Crippen LogP contribution < -0.4 is 5.32 Å². The van der Waals surface area contributed by atoms with E-state index in [1.54, 1.807) is 18.0 Å². The summed E-state index contributed by atoms with van der Waals surface area (Å²) in [6, 6.07) is 0. The maximum absolute atomic E-state index is 8.04. The molecule has 9 heavy (non-hydrogen) atoms. The van der Waals surface area contributed by atoms with E-state index in [9.17, 15) is 0 Å². The molecule has 1 rings (SSSR count). The zero-order valence-electron chi connectivity index (χ0n) is 5.22. The van der Waals surface area contributed by atoms with Gasteiger partial charge in [-0.15, -0.1) is 4.99 Å². The smallest absolute Gasteiger partial charge is 0.208 e. The van der Waals surface area contributed by atoms with Gasteiger partial charge in [0.05, 0.1) is 0 Å². The maximum atomic E-state index is 8.04. The van der Waals surface area contributed by atoms with Crippen molar-refractivity contribution in [3.63, 3.8) is 0 Å². The van der Waals surface area contributed by atoms with Crippen LogP contribution in [0.2, 0.25) is 0 Å². The number of nitrogens with one attached hydrogen (secondary N) is 1. The van der Waals surface area contributed by atoms with Gasteiger partial charge in [-0.3, -0.25) is 0 Å². The Morgan fingerprint density at radius 3 is 3.00 bits per heavy atom. The van der Waals surface area contributed by atoms with E-state index in [0.717, 1.165) is 17.5 Å². The molecule has 0 aromatic heterocycles. The normalized spacial score (nSPS) is 20.1. The Morgan fingerprint density at radius 2 is 2.56 bits per heavy atom. The van der Waals surface area contributed by atoms with Crippen molar-refractivity contribution in [2.45, 2.75) is 0 Å². The van der Waals surface area contributed by atoms with Crippen molar-refractivity contribution in [2.75, 3.05) is 12.3 Å². The third-order valence-corrected chi connectivity index (χ3v) is 1.69. The van der Waals surface area contributed by atoms with E-state index in [-0.39, 0.29) is 29.6 Å². The van der Waals surface area contributed by atoms with Crippen LogP contribution >= 0.6 is 11.8 Å². The molecule has 0 amide bonds. The predicted molar refractivity (Wildman–Crippen MR) is 39.3 cm³/mol. The molecule has 0 atom stereocenters. The third kappa shape index (κ3) is 3.11. The summed E-state index contributed by atoms with van der Waals surface area (Å²) in [5.41, 5.74) is 0. The second kappa shape index (κ2) is 5.12. The van der Waals surface area contributed by atoms with Crippen molar-refractivity contribution < 1.29 is 0 Å². The molecule has 1 aliphatic heterocycles. The van der Waals surface area contributed by atoms with Crippen LogP contribution in [0.1, 0.15) is 0 Å². The van der Waals surface area contributed by atoms with Crippen molar-refractivity contribution in [3.8, 4) is 6.19 Å². The van der Waals surface area contributed by atoms with E-state index in [0.29, 0.717) is 0 Å². The Labute approximate surface area is 80.2 Å². The fourth-order valence-electron chi connectivity index (χ4n) is 0.474. The molecule has 43 valence electrons. The van der Waals surface area contributed by atoms with Gasteiger partial charge in [0, 0.05) is 41.9 Å². The number of amidine groups is 1. The fourth-order valence-corrected chi connectivity index (χ4v) is 1.18. The van der Waals surface area contributed by atoms with Crippen LogP contribution in [-0.4, -0.2) is 47.0 Å². The number of hydrogen-bond acceptors (Lipinski definition) is 3. The number of aliphatic imine (C=N–C) groups is 1. The SMILES string of the molecule is N#CN=C1NCCS1.[Na]. The van der Waals surface area contributed by atoms with Gasteiger partial charge in [0.15, 0.2) is 5.17 Å². The monoisotopic (exact) mass is 150 g/mol. The molecule has 0 bridgehead atoms. The average molecular weight is 150 g/mol. The molecule has 3 nitrogen and oxygen atoms in total. The largest absolute Gasteiger partial charge is 0.363 e. The van der Waals surface area contributed by atoms with Crippen molar-refractivity contribution in [1.29, 1.82) is 5.26 Å². The summed E-state index contributed by atoms with van der Waals surface area (Å²) < 4.78 is 0. The second-order valence-electron chi connectivity index (χ2n) is 1.29. The number of hydrogen-bond donors (Lipinski definition) is 1. The number of rotatable bonds is 0. The Balaban J connectivity index is 0.000000640. The molecular formula is C4H5N3NaS. The molecular weight excluding hydrogens is 145 g/mol. The minimum atomic E-state index is 0. The maximum Gasteiger partial charge on any atom is 0.208 e. The van der Waals surface area contributed by atoms with Gasteiger partial charge >= 0.3 is 0 Å². The van der Waals surface area contributed by atoms with Crippen LogP contribution in [0.5, 0.6) is 0 Å². The summed E-state index contributed by atoms with van der Waals surface area (Å²) in [6.07, 6.45) is 1.71. The second-order valence-corrected chi connectivity index (χ2v) is 2.38. The third-order valence-electron chi connectivity index (χ3n) is 0.769. The van der Waals surface area contributed by atoms with E-state index in [2.05, 4.69) is 10.3 Å². The van der Waals surface area contributed by atoms with Crippen molar-refractivity contribution in [2.24, 2.45) is 4.99 Å². The van der Waals surface area contributed by atoms with Gasteiger partial charge in [-0.05, 0) is 0 Å². The van der Waals surface area contributed by atoms with Crippen LogP contribution in [-0.2, 0) is 0 Å². The first-order valence-corrected chi connectivity index (χ1v) is 3.25. The number of nitriles is 1. The first-order valence-electron chi connectivity index (χ1n) is 2.27. The molecule has 0 saturated carbocycles. The van der Waals surface area contributed by atoms with Gasteiger partial charge < -0.3 is 5.32 Å². The summed E-state index contributed by atoms with van der Waals surface area (Å²) in [4.78, 5) is 3.50. The van der Waals surface area contributed by atoms with Crippen LogP contribution in [0.4, 0.5) is 0 Å². The number of nitrogens with zero attached hydrogens (tertiary/aromatic N) is 2. The van der Waals surface area contributed by atoms with Crippen molar-refractivity contribution in [1.82, 2.24) is 5.32 Å². The molecule has 1 radical (unpaired) electrons. The van der Waals surface area contributed by atoms with Gasteiger partial charge in [-0.2, -0.15) is 5.26 Å². The van der Waals surface area contributed by atoms with Gasteiger partial charge in [0.2, 0.25) is 6.19 Å². The van der Waals surface area contributed by atoms with Crippen LogP contribution in [0.3, 0.4) is 0 Å². The van der Waals surface area contributed by atoms with Crippen molar-refractivity contribution >= 4 is 46.5 Å². The quantitative estimate of drug-likeness (QED) is 0.383. The molecule has 5 heteroatoms. The molecule has 1 heterocycles. The Hall–Kier alpha value is 0.310. The van der Waals surface area contributed by atoms with Gasteiger partial charge in [0.25, 0.3) is 0 Å². The topological polar surface area (TPSA) is 48.2 Å². The van der Waals surface area contributed by atoms with Gasteiger partial charge in [0.1, 0.15) is 0 Å². The minimum absolute atomic E-state index is 0. The van der Waals surface area contributed by atoms with E-state index < -0.39 is 0 Å². The molecule has 0 aliphatic carbocycles. The molecule has 1 saturated heterocycles. The Bertz CT molecular complexity index is 142. The van der Waals surface area contributed by atoms with Gasteiger partial charge in [-0.1, -0.05) is 11.8 Å². The molecule has 1 N–H and O–H groups in total. The average Bonchev–Trinajstić information content (AvgIpc) is 2.19. The molecule has 1 aliphatic rings. The van der Waals surface area contributed by atoms with Crippen molar-refractivity contribution in [3.05, 3.63) is 0 Å². The molecule has 0 aromatic rings. The Morgan fingerprint density at radius 1 is 1.78 bits per heavy atom. The van der Waals surface area contributed by atoms with Crippen LogP contribution in [0, 0.1) is 11.5 Å². The standard InChI is InChI=1S/C4H5N3S.Na/c5-3-7-4-6-1-2-8-4;/h1-2H2,(H,6,7);. The van der Waals surface area contributed by atoms with E-state index in [4.69, 9.17) is 5.26 Å². The molecule has 0 spiro atoms. The molecule has 0 aromatic carbocycles. The zero-order valence-corrected chi connectivity index (χ0v) is 8.03. The summed E-state index contributed by atoms with van der Waals surface area (Å²) in [5.74, 6) is 1.03.